The highest BCUT2D eigenvalue weighted by molar-refractivity contribution is 8.18. The summed E-state index contributed by atoms with van der Waals surface area (Å²) in [6.07, 6.45) is 0.300. The first-order valence-corrected chi connectivity index (χ1v) is 13.1. The minimum Gasteiger partial charge on any atom is -0.480 e. The Balaban J connectivity index is 1.44. The number of hydrogen-bond acceptors (Lipinski definition) is 6. The summed E-state index contributed by atoms with van der Waals surface area (Å²) in [6, 6.07) is 14.0. The van der Waals surface area contributed by atoms with Gasteiger partial charge in [0.15, 0.2) is 5.78 Å². The summed E-state index contributed by atoms with van der Waals surface area (Å²) in [7, 11) is -3.94. The molecule has 2 aliphatic heterocycles. The van der Waals surface area contributed by atoms with Crippen LogP contribution in [0.5, 0.6) is 0 Å². The number of nitrogens with zero attached hydrogens (tertiary/aromatic N) is 1. The topological polar surface area (TPSA) is 121 Å². The molecule has 10 heteroatoms. The molecule has 2 aromatic carbocycles. The van der Waals surface area contributed by atoms with Crippen molar-refractivity contribution >= 4 is 39.4 Å². The summed E-state index contributed by atoms with van der Waals surface area (Å²) in [5.41, 5.74) is 1.80. The van der Waals surface area contributed by atoms with Crippen molar-refractivity contribution in [2.45, 2.75) is 31.7 Å². The molecule has 0 radical (unpaired) electrons. The highest BCUT2D eigenvalue weighted by Gasteiger charge is 2.48. The number of hydrogen-bond donors (Lipinski definition) is 2. The van der Waals surface area contributed by atoms with Gasteiger partial charge in [-0.1, -0.05) is 68.1 Å². The zero-order valence-corrected chi connectivity index (χ0v) is 20.2. The van der Waals surface area contributed by atoms with Crippen LogP contribution < -0.4 is 5.32 Å². The van der Waals surface area contributed by atoms with Crippen LogP contribution in [0.15, 0.2) is 64.4 Å². The number of carbonyl (C=O) groups excluding carboxylic acids is 2. The van der Waals surface area contributed by atoms with E-state index < -0.39 is 39.2 Å². The molecule has 0 spiro atoms. The molecule has 8 nitrogen and oxygen atoms in total. The first-order chi connectivity index (χ1) is 16.1. The van der Waals surface area contributed by atoms with Gasteiger partial charge in [-0.3, -0.25) is 14.4 Å². The summed E-state index contributed by atoms with van der Waals surface area (Å²) in [6.45, 7) is 3.35. The van der Waals surface area contributed by atoms with Crippen molar-refractivity contribution in [3.05, 3.63) is 81.1 Å². The lowest BCUT2D eigenvalue weighted by molar-refractivity contribution is -0.142. The van der Waals surface area contributed by atoms with E-state index in [1.807, 2.05) is 6.07 Å². The second-order valence-corrected chi connectivity index (χ2v) is 11.8. The number of nitrogens with one attached hydrogen (secondary N) is 1. The van der Waals surface area contributed by atoms with Crippen molar-refractivity contribution in [3.63, 3.8) is 0 Å². The van der Waals surface area contributed by atoms with E-state index in [0.717, 1.165) is 16.1 Å². The molecule has 0 saturated carbocycles. The van der Waals surface area contributed by atoms with Gasteiger partial charge in [0.1, 0.15) is 10.3 Å². The van der Waals surface area contributed by atoms with Crippen LogP contribution in [0, 0.1) is 5.92 Å². The predicted molar refractivity (Wildman–Crippen MR) is 129 cm³/mol. The lowest BCUT2D eigenvalue weighted by Crippen LogP contribution is -2.46. The molecular formula is C24H24N2O6S2. The van der Waals surface area contributed by atoms with Crippen LogP contribution in [0.4, 0.5) is 0 Å². The maximum absolute atomic E-state index is 13.0. The Morgan fingerprint density at radius 1 is 1.03 bits per heavy atom. The molecule has 1 unspecified atom stereocenters. The molecule has 0 fully saturated rings. The van der Waals surface area contributed by atoms with E-state index in [9.17, 15) is 27.9 Å². The van der Waals surface area contributed by atoms with Gasteiger partial charge in [0.2, 0.25) is 10.0 Å². The molecule has 0 bridgehead atoms. The van der Waals surface area contributed by atoms with Crippen LogP contribution in [-0.4, -0.2) is 53.4 Å². The molecule has 2 aliphatic rings. The van der Waals surface area contributed by atoms with E-state index in [2.05, 4.69) is 5.32 Å². The number of aliphatic carboxylic acids is 1. The molecule has 2 aromatic rings. The summed E-state index contributed by atoms with van der Waals surface area (Å²) in [5, 5.41) is 11.9. The third kappa shape index (κ3) is 4.53. The summed E-state index contributed by atoms with van der Waals surface area (Å²) in [5.74, 6) is -2.19. The molecule has 4 rings (SSSR count). The van der Waals surface area contributed by atoms with Crippen molar-refractivity contribution in [1.82, 2.24) is 9.62 Å². The van der Waals surface area contributed by atoms with Crippen LogP contribution >= 0.6 is 11.8 Å². The van der Waals surface area contributed by atoms with Crippen LogP contribution in [0.1, 0.15) is 46.5 Å². The molecule has 0 aromatic heterocycles. The van der Waals surface area contributed by atoms with Crippen LogP contribution in [0.25, 0.3) is 0 Å². The molecule has 0 saturated heterocycles. The van der Waals surface area contributed by atoms with Gasteiger partial charge in [0.25, 0.3) is 5.91 Å². The Morgan fingerprint density at radius 2 is 1.68 bits per heavy atom. The second-order valence-electron chi connectivity index (χ2n) is 8.53. The third-order valence-electron chi connectivity index (χ3n) is 5.77. The summed E-state index contributed by atoms with van der Waals surface area (Å²) >= 11 is 1.02. The SMILES string of the molecule is CC(C)[C@H](C(=O)O)N1CC2=C(SC(NC(=O)c3cccc(C(=O)c4ccccc4)c3)C2)S1(=O)=O. The number of rotatable bonds is 7. The molecule has 2 heterocycles. The fourth-order valence-electron chi connectivity index (χ4n) is 4.17. The van der Waals surface area contributed by atoms with Gasteiger partial charge in [-0.2, -0.15) is 4.31 Å². The number of thioether (sulfide) groups is 1. The number of sulfonamides is 1. The molecule has 34 heavy (non-hydrogen) atoms. The van der Waals surface area contributed by atoms with Crippen molar-refractivity contribution < 1.29 is 27.9 Å². The molecule has 2 atom stereocenters. The molecule has 1 amide bonds. The standard InChI is InChI=1S/C24H24N2O6S2/c1-14(2)20(23(29)30)26-13-18-12-19(33-24(18)34(26,31)32)25-22(28)17-10-6-9-16(11-17)21(27)15-7-4-3-5-8-15/h3-11,14,19-20H,12-13H2,1-2H3,(H,25,28)(H,29,30)/t19?,20-/m1/s1. The molecular weight excluding hydrogens is 476 g/mol. The summed E-state index contributed by atoms with van der Waals surface area (Å²) in [4.78, 5) is 37.2. The lowest BCUT2D eigenvalue weighted by Gasteiger charge is -2.28. The Morgan fingerprint density at radius 3 is 2.29 bits per heavy atom. The van der Waals surface area contributed by atoms with E-state index in [4.69, 9.17) is 0 Å². The van der Waals surface area contributed by atoms with Crippen molar-refractivity contribution in [1.29, 1.82) is 0 Å². The van der Waals surface area contributed by atoms with E-state index in [0.29, 0.717) is 28.7 Å². The number of carboxylic acid groups (broad SMARTS) is 1. The number of amides is 1. The fraction of sp³-hybridized carbons (Fsp3) is 0.292. The minimum absolute atomic E-state index is 0.00719. The van der Waals surface area contributed by atoms with Gasteiger partial charge in [0, 0.05) is 29.7 Å². The predicted octanol–water partition coefficient (Wildman–Crippen LogP) is 3.08. The molecule has 0 aliphatic carbocycles. The van der Waals surface area contributed by atoms with Crippen molar-refractivity contribution in [3.8, 4) is 0 Å². The average molecular weight is 501 g/mol. The van der Waals surface area contributed by atoms with Gasteiger partial charge in [0.05, 0.1) is 5.37 Å². The van der Waals surface area contributed by atoms with Gasteiger partial charge in [-0.05, 0) is 23.6 Å². The first kappa shape index (κ1) is 24.2. The average Bonchev–Trinajstić information content (AvgIpc) is 3.30. The smallest absolute Gasteiger partial charge is 0.322 e. The van der Waals surface area contributed by atoms with Crippen LogP contribution in [0.3, 0.4) is 0 Å². The van der Waals surface area contributed by atoms with E-state index >= 15 is 0 Å². The van der Waals surface area contributed by atoms with E-state index in [1.165, 1.54) is 6.07 Å². The number of benzene rings is 2. The number of carboxylic acids is 1. The van der Waals surface area contributed by atoms with Gasteiger partial charge in [-0.15, -0.1) is 0 Å². The first-order valence-electron chi connectivity index (χ1n) is 10.7. The van der Waals surface area contributed by atoms with E-state index in [1.54, 1.807) is 56.3 Å². The van der Waals surface area contributed by atoms with Crippen molar-refractivity contribution in [2.24, 2.45) is 5.92 Å². The fourth-order valence-corrected chi connectivity index (χ4v) is 8.00. The minimum atomic E-state index is -3.94. The normalized spacial score (nSPS) is 20.3. The lowest BCUT2D eigenvalue weighted by atomic mass is 10.0. The van der Waals surface area contributed by atoms with Gasteiger partial charge < -0.3 is 10.4 Å². The molecule has 2 N–H and O–H groups in total. The van der Waals surface area contributed by atoms with Gasteiger partial charge >= 0.3 is 5.97 Å². The quantitative estimate of drug-likeness (QED) is 0.561. The van der Waals surface area contributed by atoms with Gasteiger partial charge in [-0.25, -0.2) is 8.42 Å². The zero-order chi connectivity index (χ0) is 24.6. The van der Waals surface area contributed by atoms with Crippen molar-refractivity contribution in [2.75, 3.05) is 6.54 Å². The Labute approximate surface area is 202 Å². The Hall–Kier alpha value is -2.95. The largest absolute Gasteiger partial charge is 0.480 e. The monoisotopic (exact) mass is 500 g/mol. The number of carbonyl (C=O) groups is 3. The third-order valence-corrected chi connectivity index (χ3v) is 9.49. The van der Waals surface area contributed by atoms with E-state index in [-0.39, 0.29) is 16.6 Å². The second kappa shape index (κ2) is 9.36. The summed E-state index contributed by atoms with van der Waals surface area (Å²) < 4.78 is 27.2. The number of ketones is 1. The Bertz CT molecular complexity index is 1290. The maximum Gasteiger partial charge on any atom is 0.322 e. The molecule has 178 valence electrons. The highest BCUT2D eigenvalue weighted by Crippen LogP contribution is 2.47. The zero-order valence-electron chi connectivity index (χ0n) is 18.6. The highest BCUT2D eigenvalue weighted by atomic mass is 32.3. The maximum atomic E-state index is 13.0. The van der Waals surface area contributed by atoms with Crippen LogP contribution in [0.2, 0.25) is 0 Å². The van der Waals surface area contributed by atoms with Crippen LogP contribution in [-0.2, 0) is 14.8 Å². The Kier molecular flexibility index (Phi) is 6.66.